The van der Waals surface area contributed by atoms with Gasteiger partial charge in [-0.25, -0.2) is 5.01 Å². The number of nitro benzene ring substituents is 1. The smallest absolute Gasteiger partial charge is 0.262 e. The molecular weight excluding hydrogens is 351 g/mol. The molecule has 2 aromatic carbocycles. The second-order valence-corrected chi connectivity index (χ2v) is 5.63. The first-order chi connectivity index (χ1) is 12.3. The van der Waals surface area contributed by atoms with Crippen molar-refractivity contribution >= 4 is 17.3 Å². The van der Waals surface area contributed by atoms with Crippen LogP contribution in [0.4, 0.5) is 18.9 Å². The van der Waals surface area contributed by atoms with Crippen molar-refractivity contribution in [3.05, 3.63) is 75.8 Å². The van der Waals surface area contributed by atoms with Crippen LogP contribution in [-0.2, 0) is 4.79 Å². The zero-order valence-electron chi connectivity index (χ0n) is 13.2. The van der Waals surface area contributed by atoms with Gasteiger partial charge in [-0.3, -0.25) is 14.9 Å². The Bertz CT molecular complexity index is 882. The van der Waals surface area contributed by atoms with Crippen LogP contribution in [-0.4, -0.2) is 27.7 Å². The average molecular weight is 363 g/mol. The van der Waals surface area contributed by atoms with Gasteiger partial charge in [0.05, 0.1) is 16.7 Å². The molecule has 1 heterocycles. The van der Waals surface area contributed by atoms with Crippen molar-refractivity contribution in [3.63, 3.8) is 0 Å². The number of carbonyl (C=O) groups excluding carboxylic acids is 1. The first-order valence-corrected chi connectivity index (χ1v) is 7.55. The van der Waals surface area contributed by atoms with E-state index < -0.39 is 23.0 Å². The van der Waals surface area contributed by atoms with Crippen molar-refractivity contribution in [1.82, 2.24) is 5.01 Å². The van der Waals surface area contributed by atoms with Gasteiger partial charge in [-0.2, -0.15) is 18.3 Å². The minimum atomic E-state index is -5.07. The van der Waals surface area contributed by atoms with E-state index in [4.69, 9.17) is 0 Å². The number of hydrogen-bond donors (Lipinski definition) is 0. The molecule has 6 nitrogen and oxygen atoms in total. The lowest BCUT2D eigenvalue weighted by Crippen LogP contribution is -2.38. The Labute approximate surface area is 145 Å². The Balaban J connectivity index is 2.01. The molecule has 1 aliphatic heterocycles. The summed E-state index contributed by atoms with van der Waals surface area (Å²) < 4.78 is 38.8. The first-order valence-electron chi connectivity index (χ1n) is 7.55. The number of halogens is 3. The number of hydrogen-bond acceptors (Lipinski definition) is 4. The number of rotatable bonds is 3. The van der Waals surface area contributed by atoms with E-state index in [0.29, 0.717) is 16.1 Å². The van der Waals surface area contributed by atoms with Crippen molar-refractivity contribution < 1.29 is 22.9 Å². The standard InChI is InChI=1S/C17H12F3N3O3/c18-17(19,20)16(24)22-15(11-5-2-1-3-6-11)10-14(21-22)12-7-4-8-13(9-12)23(25)26/h1-9,15H,10H2. The van der Waals surface area contributed by atoms with Gasteiger partial charge in [0.1, 0.15) is 0 Å². The van der Waals surface area contributed by atoms with E-state index in [1.54, 1.807) is 30.3 Å². The quantitative estimate of drug-likeness (QED) is 0.614. The summed E-state index contributed by atoms with van der Waals surface area (Å²) in [7, 11) is 0. The highest BCUT2D eigenvalue weighted by molar-refractivity contribution is 6.03. The molecule has 0 aromatic heterocycles. The molecular formula is C17H12F3N3O3. The van der Waals surface area contributed by atoms with E-state index in [0.717, 1.165) is 0 Å². The summed E-state index contributed by atoms with van der Waals surface area (Å²) in [5.74, 6) is -2.08. The van der Waals surface area contributed by atoms with Gasteiger partial charge in [-0.05, 0) is 5.56 Å². The Morgan fingerprint density at radius 2 is 1.85 bits per heavy atom. The van der Waals surface area contributed by atoms with Gasteiger partial charge in [0.25, 0.3) is 5.69 Å². The van der Waals surface area contributed by atoms with Crippen LogP contribution in [0, 0.1) is 10.1 Å². The summed E-state index contributed by atoms with van der Waals surface area (Å²) in [4.78, 5) is 22.1. The van der Waals surface area contributed by atoms with Gasteiger partial charge >= 0.3 is 12.1 Å². The van der Waals surface area contributed by atoms with Crippen LogP contribution in [0.3, 0.4) is 0 Å². The highest BCUT2D eigenvalue weighted by atomic mass is 19.4. The van der Waals surface area contributed by atoms with Crippen LogP contribution in [0.1, 0.15) is 23.6 Å². The lowest BCUT2D eigenvalue weighted by molar-refractivity contribution is -0.384. The zero-order valence-corrected chi connectivity index (χ0v) is 13.2. The highest BCUT2D eigenvalue weighted by Gasteiger charge is 2.47. The van der Waals surface area contributed by atoms with Crippen LogP contribution >= 0.6 is 0 Å². The molecule has 0 saturated carbocycles. The van der Waals surface area contributed by atoms with E-state index in [2.05, 4.69) is 5.10 Å². The summed E-state index contributed by atoms with van der Waals surface area (Å²) in [5, 5.41) is 15.2. The van der Waals surface area contributed by atoms with Crippen LogP contribution in [0.5, 0.6) is 0 Å². The number of hydrazone groups is 1. The predicted octanol–water partition coefficient (Wildman–Crippen LogP) is 3.83. The van der Waals surface area contributed by atoms with Gasteiger partial charge in [-0.15, -0.1) is 0 Å². The topological polar surface area (TPSA) is 75.8 Å². The molecule has 2 aromatic rings. The van der Waals surface area contributed by atoms with E-state index in [1.165, 1.54) is 24.3 Å². The molecule has 3 rings (SSSR count). The summed E-state index contributed by atoms with van der Waals surface area (Å²) in [6, 6.07) is 12.7. The van der Waals surface area contributed by atoms with E-state index in [1.807, 2.05) is 0 Å². The number of amides is 1. The van der Waals surface area contributed by atoms with Crippen LogP contribution in [0.15, 0.2) is 59.7 Å². The summed E-state index contributed by atoms with van der Waals surface area (Å²) >= 11 is 0. The van der Waals surface area contributed by atoms with Crippen molar-refractivity contribution in [3.8, 4) is 0 Å². The van der Waals surface area contributed by atoms with E-state index in [-0.39, 0.29) is 17.8 Å². The van der Waals surface area contributed by atoms with Gasteiger partial charge in [0.15, 0.2) is 0 Å². The maximum atomic E-state index is 12.9. The molecule has 0 fully saturated rings. The van der Waals surface area contributed by atoms with Crippen molar-refractivity contribution in [1.29, 1.82) is 0 Å². The molecule has 26 heavy (non-hydrogen) atoms. The summed E-state index contributed by atoms with van der Waals surface area (Å²) in [6.07, 6.45) is -5.05. The highest BCUT2D eigenvalue weighted by Crippen LogP contribution is 2.36. The molecule has 1 unspecified atom stereocenters. The van der Waals surface area contributed by atoms with Crippen LogP contribution in [0.25, 0.3) is 0 Å². The Morgan fingerprint density at radius 3 is 2.46 bits per heavy atom. The fourth-order valence-electron chi connectivity index (χ4n) is 2.74. The largest absolute Gasteiger partial charge is 0.473 e. The first kappa shape index (κ1) is 17.6. The maximum absolute atomic E-state index is 12.9. The number of carbonyl (C=O) groups is 1. The van der Waals surface area contributed by atoms with Gasteiger partial charge in [0, 0.05) is 24.1 Å². The average Bonchev–Trinajstić information content (AvgIpc) is 3.06. The summed E-state index contributed by atoms with van der Waals surface area (Å²) in [6.45, 7) is 0. The van der Waals surface area contributed by atoms with Crippen molar-refractivity contribution in [2.24, 2.45) is 5.10 Å². The molecule has 0 saturated heterocycles. The third kappa shape index (κ3) is 3.41. The Morgan fingerprint density at radius 1 is 1.15 bits per heavy atom. The fourth-order valence-corrected chi connectivity index (χ4v) is 2.74. The van der Waals surface area contributed by atoms with Crippen LogP contribution in [0.2, 0.25) is 0 Å². The van der Waals surface area contributed by atoms with Crippen molar-refractivity contribution in [2.45, 2.75) is 18.6 Å². The third-order valence-corrected chi connectivity index (χ3v) is 3.94. The molecule has 1 aliphatic rings. The van der Waals surface area contributed by atoms with Gasteiger partial charge in [-0.1, -0.05) is 42.5 Å². The molecule has 0 N–H and O–H groups in total. The third-order valence-electron chi connectivity index (χ3n) is 3.94. The summed E-state index contributed by atoms with van der Waals surface area (Å²) in [5.41, 5.74) is 0.772. The fraction of sp³-hybridized carbons (Fsp3) is 0.176. The molecule has 1 atom stereocenters. The number of nitro groups is 1. The molecule has 0 spiro atoms. The van der Waals surface area contributed by atoms with Crippen molar-refractivity contribution in [2.75, 3.05) is 0 Å². The lowest BCUT2D eigenvalue weighted by atomic mass is 9.98. The van der Waals surface area contributed by atoms with E-state index in [9.17, 15) is 28.1 Å². The second kappa shape index (κ2) is 6.58. The molecule has 134 valence electrons. The predicted molar refractivity (Wildman–Crippen MR) is 86.3 cm³/mol. The molecule has 1 amide bonds. The normalized spacial score (nSPS) is 17.1. The van der Waals surface area contributed by atoms with Crippen LogP contribution < -0.4 is 0 Å². The number of alkyl halides is 3. The van der Waals surface area contributed by atoms with Gasteiger partial charge < -0.3 is 0 Å². The minimum Gasteiger partial charge on any atom is -0.262 e. The lowest BCUT2D eigenvalue weighted by Gasteiger charge is -2.22. The monoisotopic (exact) mass is 363 g/mol. The number of non-ortho nitro benzene ring substituents is 1. The SMILES string of the molecule is O=C(N1N=C(c2cccc([N+](=O)[O-])c2)CC1c1ccccc1)C(F)(F)F. The number of benzene rings is 2. The Kier molecular flexibility index (Phi) is 4.45. The molecule has 0 bridgehead atoms. The zero-order chi connectivity index (χ0) is 18.9. The second-order valence-electron chi connectivity index (χ2n) is 5.63. The Hall–Kier alpha value is -3.23. The molecule has 9 heteroatoms. The maximum Gasteiger partial charge on any atom is 0.473 e. The number of nitrogens with zero attached hydrogens (tertiary/aromatic N) is 3. The molecule has 0 aliphatic carbocycles. The van der Waals surface area contributed by atoms with E-state index >= 15 is 0 Å². The van der Waals surface area contributed by atoms with Gasteiger partial charge in [0.2, 0.25) is 0 Å². The minimum absolute atomic E-state index is 0.0208. The molecule has 0 radical (unpaired) electrons.